The zero-order chi connectivity index (χ0) is 22.1. The maximum Gasteiger partial charge on any atom is 0.254 e. The summed E-state index contributed by atoms with van der Waals surface area (Å²) in [5, 5.41) is 0.844. The summed E-state index contributed by atoms with van der Waals surface area (Å²) in [5.74, 6) is 1.83. The Morgan fingerprint density at radius 2 is 1.84 bits per heavy atom. The van der Waals surface area contributed by atoms with Crippen LogP contribution in [0.1, 0.15) is 36.6 Å². The molecule has 3 aromatic rings. The topological polar surface area (TPSA) is 80.9 Å². The van der Waals surface area contributed by atoms with Gasteiger partial charge in [0, 0.05) is 29.9 Å². The van der Waals surface area contributed by atoms with E-state index in [9.17, 15) is 9.59 Å². The molecule has 0 saturated heterocycles. The molecular formula is C24H26N2O5. The molecule has 7 heteroatoms. The minimum Gasteiger partial charge on any atom is -0.494 e. The maximum absolute atomic E-state index is 13.1. The summed E-state index contributed by atoms with van der Waals surface area (Å²) in [5.41, 5.74) is 2.89. The van der Waals surface area contributed by atoms with E-state index in [0.29, 0.717) is 36.6 Å². The van der Waals surface area contributed by atoms with Crippen LogP contribution in [0.15, 0.2) is 41.2 Å². The third kappa shape index (κ3) is 3.71. The zero-order valence-electron chi connectivity index (χ0n) is 18.2. The van der Waals surface area contributed by atoms with Crippen LogP contribution in [0.5, 0.6) is 17.2 Å². The Kier molecular flexibility index (Phi) is 5.59. The number of ether oxygens (including phenoxy) is 3. The summed E-state index contributed by atoms with van der Waals surface area (Å²) >= 11 is 0. The van der Waals surface area contributed by atoms with Crippen molar-refractivity contribution in [1.82, 2.24) is 9.88 Å². The number of H-pyrrole nitrogens is 1. The first-order chi connectivity index (χ1) is 15.0. The minimum absolute atomic E-state index is 0.0898. The molecule has 0 saturated carbocycles. The predicted octanol–water partition coefficient (Wildman–Crippen LogP) is 3.44. The normalized spacial score (nSPS) is 15.5. The summed E-state index contributed by atoms with van der Waals surface area (Å²) in [6.07, 6.45) is 0.672. The van der Waals surface area contributed by atoms with Gasteiger partial charge in [-0.05, 0) is 60.9 Å². The highest BCUT2D eigenvalue weighted by molar-refractivity contribution is 5.81. The average molecular weight is 422 g/mol. The fourth-order valence-electron chi connectivity index (χ4n) is 4.28. The zero-order valence-corrected chi connectivity index (χ0v) is 18.2. The number of nitrogens with zero attached hydrogens (tertiary/aromatic N) is 1. The van der Waals surface area contributed by atoms with Gasteiger partial charge in [0.05, 0.1) is 26.9 Å². The second-order valence-electron chi connectivity index (χ2n) is 7.51. The van der Waals surface area contributed by atoms with Gasteiger partial charge in [0.2, 0.25) is 5.91 Å². The van der Waals surface area contributed by atoms with E-state index in [1.54, 1.807) is 19.1 Å². The number of rotatable bonds is 5. The minimum atomic E-state index is -0.523. The van der Waals surface area contributed by atoms with Gasteiger partial charge in [-0.2, -0.15) is 0 Å². The van der Waals surface area contributed by atoms with Gasteiger partial charge in [-0.3, -0.25) is 9.59 Å². The summed E-state index contributed by atoms with van der Waals surface area (Å²) < 4.78 is 16.6. The van der Waals surface area contributed by atoms with Crippen LogP contribution in [0.3, 0.4) is 0 Å². The van der Waals surface area contributed by atoms with Crippen molar-refractivity contribution in [2.45, 2.75) is 26.3 Å². The number of aromatic amines is 1. The molecule has 1 atom stereocenters. The van der Waals surface area contributed by atoms with Crippen molar-refractivity contribution < 1.29 is 19.0 Å². The quantitative estimate of drug-likeness (QED) is 0.681. The standard InChI is InChI=1S/C24H26N2O5/c1-5-31-17-6-7-20-16(10-17)11-19(24(28)25-20)23-18-13-22(30-4)21(29-3)12-15(18)8-9-26(23)14(2)27/h6-7,10-13,23H,5,8-9H2,1-4H3,(H,25,28). The van der Waals surface area contributed by atoms with Crippen LogP contribution < -0.4 is 19.8 Å². The molecule has 1 aliphatic rings. The van der Waals surface area contributed by atoms with Gasteiger partial charge >= 0.3 is 0 Å². The second kappa shape index (κ2) is 8.34. The molecule has 0 aliphatic carbocycles. The van der Waals surface area contributed by atoms with E-state index >= 15 is 0 Å². The van der Waals surface area contributed by atoms with Gasteiger partial charge in [-0.25, -0.2) is 0 Å². The number of amides is 1. The van der Waals surface area contributed by atoms with Gasteiger partial charge < -0.3 is 24.1 Å². The molecule has 1 amide bonds. The van der Waals surface area contributed by atoms with Crippen LogP contribution in [0.25, 0.3) is 10.9 Å². The lowest BCUT2D eigenvalue weighted by atomic mass is 9.87. The van der Waals surface area contributed by atoms with E-state index < -0.39 is 6.04 Å². The van der Waals surface area contributed by atoms with Gasteiger partial charge in [-0.15, -0.1) is 0 Å². The van der Waals surface area contributed by atoms with E-state index in [2.05, 4.69) is 4.98 Å². The Labute approximate surface area is 180 Å². The highest BCUT2D eigenvalue weighted by Gasteiger charge is 2.33. The number of carbonyl (C=O) groups excluding carboxylic acids is 1. The van der Waals surface area contributed by atoms with E-state index in [-0.39, 0.29) is 11.5 Å². The number of methoxy groups -OCH3 is 2. The summed E-state index contributed by atoms with van der Waals surface area (Å²) in [7, 11) is 3.17. The molecule has 2 heterocycles. The van der Waals surface area contributed by atoms with E-state index in [1.807, 2.05) is 43.3 Å². The van der Waals surface area contributed by atoms with Gasteiger partial charge in [0.25, 0.3) is 5.56 Å². The fourth-order valence-corrected chi connectivity index (χ4v) is 4.28. The Bertz CT molecular complexity index is 1200. The summed E-state index contributed by atoms with van der Waals surface area (Å²) in [4.78, 5) is 30.3. The molecule has 0 fully saturated rings. The smallest absolute Gasteiger partial charge is 0.254 e. The molecule has 7 nitrogen and oxygen atoms in total. The highest BCUT2D eigenvalue weighted by Crippen LogP contribution is 2.40. The van der Waals surface area contributed by atoms with Crippen LogP contribution in [0.2, 0.25) is 0 Å². The number of fused-ring (bicyclic) bond motifs is 2. The molecule has 0 bridgehead atoms. The van der Waals surface area contributed by atoms with Gasteiger partial charge in [0.15, 0.2) is 11.5 Å². The molecule has 1 aromatic heterocycles. The van der Waals surface area contributed by atoms with E-state index in [4.69, 9.17) is 14.2 Å². The summed E-state index contributed by atoms with van der Waals surface area (Å²) in [6, 6.07) is 10.7. The molecule has 2 aromatic carbocycles. The number of hydrogen-bond donors (Lipinski definition) is 1. The molecule has 1 N–H and O–H groups in total. The van der Waals surface area contributed by atoms with Crippen molar-refractivity contribution in [2.24, 2.45) is 0 Å². The molecule has 31 heavy (non-hydrogen) atoms. The van der Waals surface area contributed by atoms with Crippen LogP contribution in [0.4, 0.5) is 0 Å². The predicted molar refractivity (Wildman–Crippen MR) is 118 cm³/mol. The number of benzene rings is 2. The van der Waals surface area contributed by atoms with Crippen LogP contribution >= 0.6 is 0 Å². The molecule has 1 aliphatic heterocycles. The number of aromatic nitrogens is 1. The largest absolute Gasteiger partial charge is 0.494 e. The molecule has 162 valence electrons. The lowest BCUT2D eigenvalue weighted by Crippen LogP contribution is -2.41. The first-order valence-corrected chi connectivity index (χ1v) is 10.3. The molecule has 4 rings (SSSR count). The SMILES string of the molecule is CCOc1ccc2[nH]c(=O)c(C3c4cc(OC)c(OC)cc4CCN3C(C)=O)cc2c1. The number of carbonyl (C=O) groups is 1. The Morgan fingerprint density at radius 3 is 2.52 bits per heavy atom. The van der Waals surface area contributed by atoms with Crippen molar-refractivity contribution in [3.8, 4) is 17.2 Å². The van der Waals surface area contributed by atoms with Crippen molar-refractivity contribution in [3.63, 3.8) is 0 Å². The lowest BCUT2D eigenvalue weighted by Gasteiger charge is -2.37. The third-order valence-corrected chi connectivity index (χ3v) is 5.73. The van der Waals surface area contributed by atoms with Crippen molar-refractivity contribution in [1.29, 1.82) is 0 Å². The van der Waals surface area contributed by atoms with Crippen LogP contribution in [-0.2, 0) is 11.2 Å². The van der Waals surface area contributed by atoms with Crippen molar-refractivity contribution in [2.75, 3.05) is 27.4 Å². The Morgan fingerprint density at radius 1 is 1.10 bits per heavy atom. The number of hydrogen-bond acceptors (Lipinski definition) is 5. The lowest BCUT2D eigenvalue weighted by molar-refractivity contribution is -0.130. The third-order valence-electron chi connectivity index (χ3n) is 5.73. The van der Waals surface area contributed by atoms with Crippen molar-refractivity contribution in [3.05, 3.63) is 63.4 Å². The van der Waals surface area contributed by atoms with Crippen LogP contribution in [0, 0.1) is 0 Å². The van der Waals surface area contributed by atoms with Crippen LogP contribution in [-0.4, -0.2) is 43.2 Å². The molecule has 0 spiro atoms. The summed E-state index contributed by atoms with van der Waals surface area (Å²) in [6.45, 7) is 4.52. The average Bonchev–Trinajstić information content (AvgIpc) is 2.77. The first-order valence-electron chi connectivity index (χ1n) is 10.3. The van der Waals surface area contributed by atoms with Gasteiger partial charge in [0.1, 0.15) is 5.75 Å². The fraction of sp³-hybridized carbons (Fsp3) is 0.333. The number of pyridine rings is 1. The monoisotopic (exact) mass is 422 g/mol. The Balaban J connectivity index is 1.94. The maximum atomic E-state index is 13.1. The molecule has 0 radical (unpaired) electrons. The first kappa shape index (κ1) is 20.8. The number of nitrogens with one attached hydrogen (secondary N) is 1. The Hall–Kier alpha value is -3.48. The second-order valence-corrected chi connectivity index (χ2v) is 7.51. The highest BCUT2D eigenvalue weighted by atomic mass is 16.5. The molecular weight excluding hydrogens is 396 g/mol. The molecule has 1 unspecified atom stereocenters. The van der Waals surface area contributed by atoms with E-state index in [0.717, 1.165) is 27.8 Å². The van der Waals surface area contributed by atoms with Crippen molar-refractivity contribution >= 4 is 16.8 Å². The van der Waals surface area contributed by atoms with E-state index in [1.165, 1.54) is 6.92 Å². The van der Waals surface area contributed by atoms with Gasteiger partial charge in [-0.1, -0.05) is 0 Å².